The Balaban J connectivity index is 1.96. The maximum Gasteiger partial charge on any atom is 0.407 e. The maximum atomic E-state index is 13.2. The number of hydrogen-bond donors (Lipinski definition) is 2. The van der Waals surface area contributed by atoms with Crippen molar-refractivity contribution in [2.75, 3.05) is 0 Å². The second kappa shape index (κ2) is 16.1. The van der Waals surface area contributed by atoms with Gasteiger partial charge in [0.05, 0.1) is 12.1 Å². The smallest absolute Gasteiger partial charge is 0.407 e. The van der Waals surface area contributed by atoms with E-state index in [1.54, 1.807) is 0 Å². The number of rotatable bonds is 13. The molecule has 3 atom stereocenters. The average molecular weight is 633 g/mol. The quantitative estimate of drug-likeness (QED) is 0.185. The topological polar surface area (TPSA) is 85.9 Å². The molecule has 3 rings (SSSR count). The highest BCUT2D eigenvalue weighted by Gasteiger charge is 2.42. The molecule has 244 valence electrons. The van der Waals surface area contributed by atoms with Gasteiger partial charge in [-0.15, -0.1) is 0 Å². The summed E-state index contributed by atoms with van der Waals surface area (Å²) in [4.78, 5) is 26.4. The monoisotopic (exact) mass is 632 g/mol. The van der Waals surface area contributed by atoms with Crippen molar-refractivity contribution in [3.8, 4) is 0 Å². The Morgan fingerprint density at radius 2 is 1.18 bits per heavy atom. The van der Waals surface area contributed by atoms with E-state index in [0.29, 0.717) is 19.3 Å². The first-order valence-corrected chi connectivity index (χ1v) is 18.7. The maximum absolute atomic E-state index is 13.2. The van der Waals surface area contributed by atoms with E-state index in [2.05, 4.69) is 44.5 Å². The van der Waals surface area contributed by atoms with Gasteiger partial charge in [-0.1, -0.05) is 112 Å². The number of ether oxygens (including phenoxy) is 2. The Hall–Kier alpha value is -3.62. The molecule has 0 unspecified atom stereocenters. The van der Waals surface area contributed by atoms with Crippen molar-refractivity contribution in [1.29, 1.82) is 0 Å². The summed E-state index contributed by atoms with van der Waals surface area (Å²) in [5.41, 5.74) is 2.40. The van der Waals surface area contributed by atoms with Crippen molar-refractivity contribution in [1.82, 2.24) is 10.6 Å². The van der Waals surface area contributed by atoms with Crippen LogP contribution in [0.2, 0.25) is 18.1 Å². The minimum absolute atomic E-state index is 0.0779. The van der Waals surface area contributed by atoms with E-state index < -0.39 is 38.3 Å². The third-order valence-electron chi connectivity index (χ3n) is 8.08. The van der Waals surface area contributed by atoms with Gasteiger partial charge in [0.1, 0.15) is 12.2 Å². The normalized spacial score (nSPS) is 14.1. The van der Waals surface area contributed by atoms with Gasteiger partial charge in [0.2, 0.25) is 0 Å². The summed E-state index contributed by atoms with van der Waals surface area (Å²) in [5, 5.41) is 6.21. The molecule has 0 saturated heterocycles. The Morgan fingerprint density at radius 3 is 1.67 bits per heavy atom. The van der Waals surface area contributed by atoms with Crippen molar-refractivity contribution in [3.63, 3.8) is 0 Å². The third kappa shape index (κ3) is 12.7. The van der Waals surface area contributed by atoms with Crippen LogP contribution < -0.4 is 10.6 Å². The molecule has 0 heterocycles. The number of hydrogen-bond acceptors (Lipinski definition) is 5. The van der Waals surface area contributed by atoms with Crippen LogP contribution in [0.15, 0.2) is 91.0 Å². The van der Waals surface area contributed by atoms with Crippen LogP contribution in [0.5, 0.6) is 0 Å². The predicted octanol–water partition coefficient (Wildman–Crippen LogP) is 8.44. The zero-order chi connectivity index (χ0) is 33.1. The third-order valence-corrected chi connectivity index (χ3v) is 12.6. The molecule has 8 heteroatoms. The van der Waals surface area contributed by atoms with Crippen LogP contribution in [-0.4, -0.2) is 44.3 Å². The minimum Gasteiger partial charge on any atom is -0.445 e. The molecule has 0 aliphatic rings. The highest BCUT2D eigenvalue weighted by molar-refractivity contribution is 6.74. The van der Waals surface area contributed by atoms with E-state index in [4.69, 9.17) is 13.9 Å². The molecule has 0 spiro atoms. The Labute approximate surface area is 271 Å². The first kappa shape index (κ1) is 35.9. The molecule has 3 aromatic carbocycles. The lowest BCUT2D eigenvalue weighted by Crippen LogP contribution is -2.55. The summed E-state index contributed by atoms with van der Waals surface area (Å²) in [5.74, 6) is 0. The van der Waals surface area contributed by atoms with Crippen LogP contribution in [-0.2, 0) is 33.3 Å². The fourth-order valence-electron chi connectivity index (χ4n) is 4.76. The molecule has 0 saturated carbocycles. The van der Waals surface area contributed by atoms with Crippen molar-refractivity contribution in [2.24, 2.45) is 0 Å². The predicted molar refractivity (Wildman–Crippen MR) is 184 cm³/mol. The van der Waals surface area contributed by atoms with E-state index in [1.807, 2.05) is 112 Å². The summed E-state index contributed by atoms with van der Waals surface area (Å²) in [7, 11) is -2.34. The number of amides is 2. The molecule has 0 fully saturated rings. The first-order valence-electron chi connectivity index (χ1n) is 15.8. The van der Waals surface area contributed by atoms with Crippen molar-refractivity contribution in [3.05, 3.63) is 108 Å². The van der Waals surface area contributed by atoms with E-state index in [-0.39, 0.29) is 17.7 Å². The molecular weight excluding hydrogens is 581 g/mol. The number of carbonyl (C=O) groups is 2. The van der Waals surface area contributed by atoms with Crippen LogP contribution in [0.4, 0.5) is 9.59 Å². The van der Waals surface area contributed by atoms with Crippen LogP contribution >= 0.6 is 0 Å². The molecule has 0 aliphatic heterocycles. The van der Waals surface area contributed by atoms with Gasteiger partial charge in [-0.2, -0.15) is 0 Å². The van der Waals surface area contributed by atoms with E-state index in [9.17, 15) is 9.59 Å². The van der Waals surface area contributed by atoms with E-state index in [1.165, 1.54) is 0 Å². The van der Waals surface area contributed by atoms with E-state index >= 15 is 0 Å². The Bertz CT molecular complexity index is 1320. The first-order chi connectivity index (χ1) is 21.1. The molecule has 2 amide bonds. The summed E-state index contributed by atoms with van der Waals surface area (Å²) >= 11 is 0. The molecular formula is C37H52N2O5Si. The molecule has 3 aromatic rings. The lowest BCUT2D eigenvalue weighted by molar-refractivity contribution is 0.0412. The van der Waals surface area contributed by atoms with Gasteiger partial charge in [0, 0.05) is 6.04 Å². The Morgan fingerprint density at radius 1 is 0.689 bits per heavy atom. The average Bonchev–Trinajstić information content (AvgIpc) is 2.95. The summed E-state index contributed by atoms with van der Waals surface area (Å²) in [6.07, 6.45) is 0.142. The SMILES string of the molecule is CC(C)(C)OC(=O)N[C@@H](Cc1ccccc1)[C@H](C[C@H](Cc1ccccc1)NC(=O)OCc1ccccc1)O[Si](C)(C)C(C)(C)C. The van der Waals surface area contributed by atoms with Crippen LogP contribution in [0.25, 0.3) is 0 Å². The van der Waals surface area contributed by atoms with Crippen molar-refractivity contribution >= 4 is 20.5 Å². The number of nitrogens with one attached hydrogen (secondary N) is 2. The second-order valence-electron chi connectivity index (χ2n) is 14.2. The lowest BCUT2D eigenvalue weighted by atomic mass is 9.94. The van der Waals surface area contributed by atoms with Gasteiger partial charge in [-0.25, -0.2) is 9.59 Å². The molecule has 0 bridgehead atoms. The molecule has 7 nitrogen and oxygen atoms in total. The fraction of sp³-hybridized carbons (Fsp3) is 0.459. The highest BCUT2D eigenvalue weighted by atomic mass is 28.4. The highest BCUT2D eigenvalue weighted by Crippen LogP contribution is 2.38. The summed E-state index contributed by atoms with van der Waals surface area (Å²) in [6.45, 7) is 16.7. The Kier molecular flexibility index (Phi) is 12.8. The molecule has 0 aliphatic carbocycles. The second-order valence-corrected chi connectivity index (χ2v) is 18.9. The van der Waals surface area contributed by atoms with E-state index in [0.717, 1.165) is 16.7 Å². The van der Waals surface area contributed by atoms with Crippen LogP contribution in [0, 0.1) is 0 Å². The largest absolute Gasteiger partial charge is 0.445 e. The standard InChI is InChI=1S/C37H52N2O5Si/c1-36(2,3)43-35(41)39-32(25-29-20-14-10-15-21-29)33(44-45(7,8)37(4,5)6)26-31(24-28-18-12-9-13-19-28)38-34(40)42-27-30-22-16-11-17-23-30/h9-23,31-33H,24-27H2,1-8H3,(H,38,40)(H,39,41)/t31-,32-,33-/m0/s1. The molecule has 0 aromatic heterocycles. The van der Waals surface area contributed by atoms with Crippen LogP contribution in [0.3, 0.4) is 0 Å². The molecule has 45 heavy (non-hydrogen) atoms. The summed E-state index contributed by atoms with van der Waals surface area (Å²) in [6, 6.07) is 29.0. The fourth-order valence-corrected chi connectivity index (χ4v) is 6.13. The van der Waals surface area contributed by atoms with Gasteiger partial charge in [0.25, 0.3) is 0 Å². The molecule has 2 N–H and O–H groups in total. The molecule has 0 radical (unpaired) electrons. The van der Waals surface area contributed by atoms with Gasteiger partial charge >= 0.3 is 12.2 Å². The van der Waals surface area contributed by atoms with Gasteiger partial charge in [-0.3, -0.25) is 0 Å². The zero-order valence-electron chi connectivity index (χ0n) is 28.3. The number of benzene rings is 3. The van der Waals surface area contributed by atoms with Crippen molar-refractivity contribution < 1.29 is 23.5 Å². The van der Waals surface area contributed by atoms with Crippen LogP contribution in [0.1, 0.15) is 64.7 Å². The number of carbonyl (C=O) groups excluding carboxylic acids is 2. The lowest BCUT2D eigenvalue weighted by Gasteiger charge is -2.42. The van der Waals surface area contributed by atoms with Crippen molar-refractivity contribution in [2.45, 2.75) is 109 Å². The van der Waals surface area contributed by atoms with Gasteiger partial charge in [0.15, 0.2) is 8.32 Å². The summed E-state index contributed by atoms with van der Waals surface area (Å²) < 4.78 is 18.5. The zero-order valence-corrected chi connectivity index (χ0v) is 29.3. The van der Waals surface area contributed by atoms with Gasteiger partial charge in [-0.05, 0) is 74.9 Å². The van der Waals surface area contributed by atoms with Gasteiger partial charge < -0.3 is 24.5 Å². The number of alkyl carbamates (subject to hydrolysis) is 2. The minimum atomic E-state index is -2.34.